The highest BCUT2D eigenvalue weighted by Gasteiger charge is 2.34. The van der Waals surface area contributed by atoms with E-state index in [0.29, 0.717) is 26.2 Å². The van der Waals surface area contributed by atoms with Crippen LogP contribution in [0.25, 0.3) is 0 Å². The predicted molar refractivity (Wildman–Crippen MR) is 157 cm³/mol. The van der Waals surface area contributed by atoms with Crippen molar-refractivity contribution in [3.05, 3.63) is 92.4 Å². The number of aryl methyl sites for hydroxylation is 1. The zero-order valence-electron chi connectivity index (χ0n) is 22.0. The number of halogens is 3. The number of carbonyl (C=O) groups excluding carboxylic acids is 2. The van der Waals surface area contributed by atoms with Crippen LogP contribution in [0.15, 0.2) is 65.6 Å². The van der Waals surface area contributed by atoms with Gasteiger partial charge in [-0.1, -0.05) is 71.6 Å². The van der Waals surface area contributed by atoms with E-state index in [1.165, 1.54) is 24.1 Å². The molecule has 3 aromatic carbocycles. The van der Waals surface area contributed by atoms with Crippen LogP contribution in [0.2, 0.25) is 15.1 Å². The van der Waals surface area contributed by atoms with Crippen molar-refractivity contribution in [2.24, 2.45) is 0 Å². The zero-order valence-corrected chi connectivity index (χ0v) is 25.1. The number of likely N-dealkylation sites (N-methyl/N-ethyl adjacent to an activating group) is 1. The monoisotopic (exact) mass is 609 g/mol. The minimum atomic E-state index is -4.21. The quantitative estimate of drug-likeness (QED) is 0.305. The van der Waals surface area contributed by atoms with Gasteiger partial charge in [0.2, 0.25) is 11.8 Å². The number of benzene rings is 3. The van der Waals surface area contributed by atoms with Crippen LogP contribution < -0.4 is 9.62 Å². The van der Waals surface area contributed by atoms with E-state index in [1.807, 2.05) is 6.92 Å². The van der Waals surface area contributed by atoms with Crippen LogP contribution in [-0.4, -0.2) is 44.8 Å². The third-order valence-corrected chi connectivity index (χ3v) is 9.31. The van der Waals surface area contributed by atoms with Gasteiger partial charge in [-0.05, 0) is 62.2 Å². The molecule has 0 aliphatic carbocycles. The van der Waals surface area contributed by atoms with Crippen molar-refractivity contribution in [3.8, 4) is 0 Å². The van der Waals surface area contributed by atoms with Crippen molar-refractivity contribution in [2.75, 3.05) is 17.9 Å². The van der Waals surface area contributed by atoms with Crippen LogP contribution in [0, 0.1) is 13.8 Å². The molecule has 0 radical (unpaired) electrons. The average molecular weight is 611 g/mol. The number of rotatable bonds is 10. The largest absolute Gasteiger partial charge is 0.357 e. The van der Waals surface area contributed by atoms with Crippen LogP contribution in [-0.2, 0) is 26.2 Å². The molecular formula is C28H30Cl3N3O4S. The molecular weight excluding hydrogens is 581 g/mol. The van der Waals surface area contributed by atoms with Crippen molar-refractivity contribution >= 4 is 62.3 Å². The molecule has 0 aliphatic heterocycles. The van der Waals surface area contributed by atoms with Crippen LogP contribution >= 0.6 is 34.8 Å². The molecule has 7 nitrogen and oxygen atoms in total. The van der Waals surface area contributed by atoms with E-state index in [1.54, 1.807) is 62.4 Å². The lowest BCUT2D eigenvalue weighted by molar-refractivity contribution is -0.140. The van der Waals surface area contributed by atoms with Gasteiger partial charge >= 0.3 is 0 Å². The van der Waals surface area contributed by atoms with Crippen LogP contribution in [0.1, 0.15) is 30.0 Å². The minimum absolute atomic E-state index is 0.0133. The Morgan fingerprint density at radius 3 is 2.03 bits per heavy atom. The van der Waals surface area contributed by atoms with E-state index in [-0.39, 0.29) is 23.5 Å². The van der Waals surface area contributed by atoms with Gasteiger partial charge in [0.1, 0.15) is 12.6 Å². The molecule has 11 heteroatoms. The molecule has 2 amide bonds. The summed E-state index contributed by atoms with van der Waals surface area (Å²) < 4.78 is 28.9. The van der Waals surface area contributed by atoms with Gasteiger partial charge in [0, 0.05) is 34.2 Å². The van der Waals surface area contributed by atoms with E-state index >= 15 is 0 Å². The molecule has 1 atom stereocenters. The lowest BCUT2D eigenvalue weighted by Gasteiger charge is -2.33. The number of sulfonamides is 1. The topological polar surface area (TPSA) is 86.8 Å². The zero-order chi connectivity index (χ0) is 28.9. The van der Waals surface area contributed by atoms with E-state index < -0.39 is 34.4 Å². The van der Waals surface area contributed by atoms with Gasteiger partial charge < -0.3 is 10.2 Å². The van der Waals surface area contributed by atoms with E-state index in [2.05, 4.69) is 5.32 Å². The Labute approximate surface area is 244 Å². The first-order valence-corrected chi connectivity index (χ1v) is 14.8. The van der Waals surface area contributed by atoms with Crippen molar-refractivity contribution < 1.29 is 18.0 Å². The molecule has 208 valence electrons. The second-order valence-corrected chi connectivity index (χ2v) is 12.1. The maximum atomic E-state index is 14.0. The highest BCUT2D eigenvalue weighted by Crippen LogP contribution is 2.32. The summed E-state index contributed by atoms with van der Waals surface area (Å²) >= 11 is 19.2. The molecule has 0 aromatic heterocycles. The van der Waals surface area contributed by atoms with E-state index in [9.17, 15) is 18.0 Å². The number of amides is 2. The van der Waals surface area contributed by atoms with Crippen molar-refractivity contribution in [2.45, 2.75) is 44.7 Å². The summed E-state index contributed by atoms with van der Waals surface area (Å²) in [6.45, 7) is 4.60. The predicted octanol–water partition coefficient (Wildman–Crippen LogP) is 6.01. The fourth-order valence-electron chi connectivity index (χ4n) is 4.16. The summed E-state index contributed by atoms with van der Waals surface area (Å²) in [5.74, 6) is -1.02. The van der Waals surface area contributed by atoms with Gasteiger partial charge in [0.05, 0.1) is 10.6 Å². The summed E-state index contributed by atoms with van der Waals surface area (Å²) in [6.07, 6.45) is 0.272. The second-order valence-electron chi connectivity index (χ2n) is 8.97. The summed E-state index contributed by atoms with van der Waals surface area (Å²) in [5.41, 5.74) is 2.07. The molecule has 1 unspecified atom stereocenters. The van der Waals surface area contributed by atoms with Gasteiger partial charge in [-0.3, -0.25) is 13.9 Å². The molecule has 0 heterocycles. The first-order chi connectivity index (χ1) is 18.4. The Bertz CT molecular complexity index is 1440. The number of hydrogen-bond acceptors (Lipinski definition) is 4. The van der Waals surface area contributed by atoms with E-state index in [0.717, 1.165) is 9.87 Å². The number of anilines is 1. The number of carbonyl (C=O) groups is 2. The lowest BCUT2D eigenvalue weighted by Crippen LogP contribution is -2.52. The number of nitrogens with one attached hydrogen (secondary N) is 1. The van der Waals surface area contributed by atoms with Gasteiger partial charge in [-0.15, -0.1) is 0 Å². The third kappa shape index (κ3) is 6.87. The van der Waals surface area contributed by atoms with Crippen molar-refractivity contribution in [1.82, 2.24) is 10.2 Å². The average Bonchev–Trinajstić information content (AvgIpc) is 2.90. The molecule has 0 bridgehead atoms. The van der Waals surface area contributed by atoms with Gasteiger partial charge in [0.25, 0.3) is 10.0 Å². The van der Waals surface area contributed by atoms with Crippen molar-refractivity contribution in [1.29, 1.82) is 0 Å². The highest BCUT2D eigenvalue weighted by atomic mass is 35.5. The molecule has 0 spiro atoms. The first kappa shape index (κ1) is 30.8. The van der Waals surface area contributed by atoms with Crippen molar-refractivity contribution in [3.63, 3.8) is 0 Å². The third-order valence-electron chi connectivity index (χ3n) is 6.42. The number of nitrogens with zero attached hydrogens (tertiary/aromatic N) is 2. The minimum Gasteiger partial charge on any atom is -0.357 e. The Hall–Kier alpha value is -2.78. The lowest BCUT2D eigenvalue weighted by atomic mass is 10.1. The summed E-state index contributed by atoms with van der Waals surface area (Å²) in [5, 5.41) is 3.57. The Morgan fingerprint density at radius 2 is 1.46 bits per heavy atom. The molecule has 0 aliphatic rings. The smallest absolute Gasteiger partial charge is 0.264 e. The maximum Gasteiger partial charge on any atom is 0.264 e. The first-order valence-electron chi connectivity index (χ1n) is 12.2. The summed E-state index contributed by atoms with van der Waals surface area (Å²) in [4.78, 5) is 28.2. The molecule has 3 rings (SSSR count). The Morgan fingerprint density at radius 1 is 0.897 bits per heavy atom. The SMILES string of the molecule is CCC(C(=O)NC)N(Cc1c(Cl)cccc1Cl)C(=O)CN(c1cccc(Cl)c1C)S(=O)(=O)c1ccc(C)cc1. The highest BCUT2D eigenvalue weighted by molar-refractivity contribution is 7.92. The van der Waals surface area contributed by atoms with Crippen LogP contribution in [0.4, 0.5) is 5.69 Å². The maximum absolute atomic E-state index is 14.0. The second kappa shape index (κ2) is 13.0. The molecule has 0 saturated carbocycles. The Balaban J connectivity index is 2.14. The normalized spacial score (nSPS) is 12.1. The van der Waals surface area contributed by atoms with Crippen LogP contribution in [0.5, 0.6) is 0 Å². The fourth-order valence-corrected chi connectivity index (χ4v) is 6.32. The summed E-state index contributed by atoms with van der Waals surface area (Å²) in [6, 6.07) is 15.2. The van der Waals surface area contributed by atoms with Gasteiger partial charge in [-0.25, -0.2) is 8.42 Å². The van der Waals surface area contributed by atoms with Crippen LogP contribution in [0.3, 0.4) is 0 Å². The molecule has 0 fully saturated rings. The van der Waals surface area contributed by atoms with E-state index in [4.69, 9.17) is 34.8 Å². The number of hydrogen-bond donors (Lipinski definition) is 1. The molecule has 39 heavy (non-hydrogen) atoms. The van der Waals surface area contributed by atoms with Gasteiger partial charge in [-0.2, -0.15) is 0 Å². The summed E-state index contributed by atoms with van der Waals surface area (Å²) in [7, 11) is -2.74. The molecule has 1 N–H and O–H groups in total. The fraction of sp³-hybridized carbons (Fsp3) is 0.286. The standard InChI is InChI=1S/C28H30Cl3N3O4S/c1-5-25(28(36)32-4)33(16-21-23(30)9-6-10-24(21)31)27(35)17-34(26-11-7-8-22(29)19(26)3)39(37,38)20-14-12-18(2)13-15-20/h6-15,25H,5,16-17H2,1-4H3,(H,32,36). The van der Waals surface area contributed by atoms with Gasteiger partial charge in [0.15, 0.2) is 0 Å². The molecule has 0 saturated heterocycles. The molecule has 3 aromatic rings. The Kier molecular flexibility index (Phi) is 10.3.